The average Bonchev–Trinajstić information content (AvgIpc) is 3.06. The Bertz CT molecular complexity index is 1150. The maximum Gasteiger partial charge on any atom is 0.255 e. The third kappa shape index (κ3) is 4.74. The van der Waals surface area contributed by atoms with Gasteiger partial charge < -0.3 is 15.3 Å². The highest BCUT2D eigenvalue weighted by Gasteiger charge is 2.40. The quantitative estimate of drug-likeness (QED) is 0.523. The van der Waals surface area contributed by atoms with Gasteiger partial charge in [-0.15, -0.1) is 0 Å². The number of amides is 2. The third-order valence-corrected chi connectivity index (χ3v) is 6.30. The number of carbonyl (C=O) groups excluding carboxylic acids is 2. The summed E-state index contributed by atoms with van der Waals surface area (Å²) in [4.78, 5) is 27.8. The lowest BCUT2D eigenvalue weighted by Gasteiger charge is -2.25. The molecule has 1 unspecified atom stereocenters. The van der Waals surface area contributed by atoms with Crippen LogP contribution in [0.1, 0.15) is 33.1 Å². The Morgan fingerprint density at radius 2 is 1.72 bits per heavy atom. The van der Waals surface area contributed by atoms with Crippen molar-refractivity contribution >= 4 is 35.0 Å². The van der Waals surface area contributed by atoms with Crippen molar-refractivity contribution in [2.45, 2.75) is 18.9 Å². The molecule has 1 aliphatic heterocycles. The van der Waals surface area contributed by atoms with Gasteiger partial charge in [0.2, 0.25) is 5.91 Å². The van der Waals surface area contributed by atoms with Crippen LogP contribution >= 0.6 is 23.2 Å². The van der Waals surface area contributed by atoms with E-state index in [-0.39, 0.29) is 17.6 Å². The topological polar surface area (TPSA) is 69.6 Å². The second-order valence-corrected chi connectivity index (χ2v) is 8.51. The highest BCUT2D eigenvalue weighted by atomic mass is 35.5. The van der Waals surface area contributed by atoms with E-state index in [1.807, 2.05) is 36.4 Å². The first-order chi connectivity index (χ1) is 15.4. The molecular weight excluding hydrogens is 447 g/mol. The molecule has 1 atom stereocenters. The first-order valence-corrected chi connectivity index (χ1v) is 11.1. The fourth-order valence-electron chi connectivity index (χ4n) is 3.94. The zero-order chi connectivity index (χ0) is 22.7. The minimum Gasteiger partial charge on any atom is -0.508 e. The molecule has 0 radical (unpaired) electrons. The van der Waals surface area contributed by atoms with E-state index in [2.05, 4.69) is 5.32 Å². The molecule has 0 bridgehead atoms. The van der Waals surface area contributed by atoms with Gasteiger partial charge in [-0.2, -0.15) is 0 Å². The second-order valence-electron chi connectivity index (χ2n) is 7.70. The van der Waals surface area contributed by atoms with Gasteiger partial charge in [0.15, 0.2) is 0 Å². The number of halogens is 2. The molecule has 0 saturated carbocycles. The summed E-state index contributed by atoms with van der Waals surface area (Å²) in [6.45, 7) is 0.782. The number of hydrogen-bond acceptors (Lipinski definition) is 3. The smallest absolute Gasteiger partial charge is 0.255 e. The van der Waals surface area contributed by atoms with Crippen molar-refractivity contribution in [2.75, 3.05) is 13.1 Å². The normalized spacial score (nSPS) is 15.0. The van der Waals surface area contributed by atoms with Crippen LogP contribution in [0.2, 0.25) is 10.0 Å². The van der Waals surface area contributed by atoms with Crippen LogP contribution in [0.5, 0.6) is 5.75 Å². The van der Waals surface area contributed by atoms with Gasteiger partial charge in [0, 0.05) is 18.7 Å². The Kier molecular flexibility index (Phi) is 6.68. The van der Waals surface area contributed by atoms with Crippen LogP contribution in [0.4, 0.5) is 0 Å². The Hall–Kier alpha value is -3.02. The summed E-state index contributed by atoms with van der Waals surface area (Å²) in [7, 11) is 0. The number of nitrogens with zero attached hydrogens (tertiary/aromatic N) is 1. The zero-order valence-electron chi connectivity index (χ0n) is 17.2. The summed E-state index contributed by atoms with van der Waals surface area (Å²) in [6, 6.07) is 19.0. The molecule has 3 aromatic rings. The van der Waals surface area contributed by atoms with Gasteiger partial charge >= 0.3 is 0 Å². The Morgan fingerprint density at radius 3 is 2.47 bits per heavy atom. The summed E-state index contributed by atoms with van der Waals surface area (Å²) in [5.41, 5.74) is 2.98. The number of phenolic OH excluding ortho intramolecular Hbond substituents is 1. The first kappa shape index (κ1) is 22.2. The summed E-state index contributed by atoms with van der Waals surface area (Å²) in [5.74, 6) is -0.529. The molecule has 0 aliphatic carbocycles. The van der Waals surface area contributed by atoms with Gasteiger partial charge in [-0.05, 0) is 53.8 Å². The monoisotopic (exact) mass is 468 g/mol. The van der Waals surface area contributed by atoms with E-state index in [9.17, 15) is 14.7 Å². The van der Waals surface area contributed by atoms with Gasteiger partial charge in [0.1, 0.15) is 11.8 Å². The molecule has 1 heterocycles. The molecule has 4 rings (SSSR count). The Morgan fingerprint density at radius 1 is 0.938 bits per heavy atom. The van der Waals surface area contributed by atoms with Gasteiger partial charge in [-0.3, -0.25) is 9.59 Å². The molecule has 0 saturated heterocycles. The van der Waals surface area contributed by atoms with Crippen molar-refractivity contribution in [2.24, 2.45) is 0 Å². The fourth-order valence-corrected chi connectivity index (χ4v) is 4.26. The summed E-state index contributed by atoms with van der Waals surface area (Å²) < 4.78 is 0. The van der Waals surface area contributed by atoms with E-state index >= 15 is 0 Å². The van der Waals surface area contributed by atoms with Crippen LogP contribution in [-0.4, -0.2) is 34.9 Å². The standard InChI is InChI=1S/C25H22Cl2N2O3/c26-21-9-6-17(14-22(21)27)11-13-29-23(19-8-7-18(30)15-20(19)25(29)32)24(31)28-12-10-16-4-2-1-3-5-16/h1-9,14-15,23,30H,10-13H2,(H,28,31). The number of rotatable bonds is 7. The molecule has 7 heteroatoms. The summed E-state index contributed by atoms with van der Waals surface area (Å²) >= 11 is 12.1. The van der Waals surface area contributed by atoms with Crippen molar-refractivity contribution in [1.29, 1.82) is 0 Å². The van der Waals surface area contributed by atoms with E-state index in [4.69, 9.17) is 23.2 Å². The highest BCUT2D eigenvalue weighted by Crippen LogP contribution is 2.36. The van der Waals surface area contributed by atoms with Gasteiger partial charge in [-0.25, -0.2) is 0 Å². The van der Waals surface area contributed by atoms with Crippen molar-refractivity contribution in [3.05, 3.63) is 99.0 Å². The Labute approximate surface area is 196 Å². The molecule has 0 fully saturated rings. The number of benzene rings is 3. The first-order valence-electron chi connectivity index (χ1n) is 10.3. The molecule has 164 valence electrons. The van der Waals surface area contributed by atoms with Crippen molar-refractivity contribution in [3.63, 3.8) is 0 Å². The predicted molar refractivity (Wildman–Crippen MR) is 125 cm³/mol. The van der Waals surface area contributed by atoms with Crippen LogP contribution < -0.4 is 5.32 Å². The van der Waals surface area contributed by atoms with Crippen LogP contribution in [0.25, 0.3) is 0 Å². The van der Waals surface area contributed by atoms with E-state index in [1.54, 1.807) is 23.1 Å². The molecule has 32 heavy (non-hydrogen) atoms. The van der Waals surface area contributed by atoms with Crippen molar-refractivity contribution < 1.29 is 14.7 Å². The highest BCUT2D eigenvalue weighted by molar-refractivity contribution is 6.42. The number of hydrogen-bond donors (Lipinski definition) is 2. The minimum atomic E-state index is -0.753. The summed E-state index contributed by atoms with van der Waals surface area (Å²) in [5, 5.41) is 13.7. The molecule has 2 N–H and O–H groups in total. The number of nitrogens with one attached hydrogen (secondary N) is 1. The number of fused-ring (bicyclic) bond motifs is 1. The van der Waals surface area contributed by atoms with Gasteiger partial charge in [-0.1, -0.05) is 65.7 Å². The van der Waals surface area contributed by atoms with Crippen LogP contribution in [0, 0.1) is 0 Å². The van der Waals surface area contributed by atoms with Crippen molar-refractivity contribution in [3.8, 4) is 5.75 Å². The Balaban J connectivity index is 1.51. The molecular formula is C25H22Cl2N2O3. The molecule has 1 aliphatic rings. The van der Waals surface area contributed by atoms with E-state index in [1.165, 1.54) is 12.1 Å². The lowest BCUT2D eigenvalue weighted by molar-refractivity contribution is -0.125. The predicted octanol–water partition coefficient (Wildman–Crippen LogP) is 4.80. The molecule has 0 aromatic heterocycles. The second kappa shape index (κ2) is 9.63. The largest absolute Gasteiger partial charge is 0.508 e. The van der Waals surface area contributed by atoms with Crippen LogP contribution in [0.3, 0.4) is 0 Å². The summed E-state index contributed by atoms with van der Waals surface area (Å²) in [6.07, 6.45) is 1.20. The zero-order valence-corrected chi connectivity index (χ0v) is 18.7. The van der Waals surface area contributed by atoms with Crippen LogP contribution in [-0.2, 0) is 17.6 Å². The maximum atomic E-state index is 13.1. The number of carbonyl (C=O) groups is 2. The lowest BCUT2D eigenvalue weighted by Crippen LogP contribution is -2.40. The van der Waals surface area contributed by atoms with Gasteiger partial charge in [0.25, 0.3) is 5.91 Å². The lowest BCUT2D eigenvalue weighted by atomic mass is 10.0. The van der Waals surface area contributed by atoms with Crippen molar-refractivity contribution in [1.82, 2.24) is 10.2 Å². The third-order valence-electron chi connectivity index (χ3n) is 5.56. The van der Waals surface area contributed by atoms with Gasteiger partial charge in [0.05, 0.1) is 10.0 Å². The maximum absolute atomic E-state index is 13.1. The molecule has 3 aromatic carbocycles. The number of phenols is 1. The van der Waals surface area contributed by atoms with Crippen LogP contribution in [0.15, 0.2) is 66.7 Å². The van der Waals surface area contributed by atoms with E-state index < -0.39 is 6.04 Å². The molecule has 0 spiro atoms. The number of aromatic hydroxyl groups is 1. The van der Waals surface area contributed by atoms with E-state index in [0.717, 1.165) is 11.1 Å². The average molecular weight is 469 g/mol. The fraction of sp³-hybridized carbons (Fsp3) is 0.200. The SMILES string of the molecule is O=C(NCCc1ccccc1)C1c2ccc(O)cc2C(=O)N1CCc1ccc(Cl)c(Cl)c1. The minimum absolute atomic E-state index is 0.00771. The molecule has 2 amide bonds. The van der Waals surface area contributed by atoms with E-state index in [0.29, 0.717) is 47.1 Å². The molecule has 5 nitrogen and oxygen atoms in total.